The van der Waals surface area contributed by atoms with Crippen LogP contribution in [0.15, 0.2) is 206 Å². The molecule has 0 unspecified atom stereocenters. The van der Waals surface area contributed by atoms with Crippen LogP contribution in [0.1, 0.15) is 25.0 Å². The Bertz CT molecular complexity index is 3170. The lowest BCUT2D eigenvalue weighted by Gasteiger charge is -2.28. The molecule has 9 aromatic carbocycles. The first-order valence-corrected chi connectivity index (χ1v) is 19.9. The summed E-state index contributed by atoms with van der Waals surface area (Å²) in [7, 11) is 0. The van der Waals surface area contributed by atoms with Crippen molar-refractivity contribution in [2.75, 3.05) is 4.90 Å². The van der Waals surface area contributed by atoms with Crippen LogP contribution >= 0.6 is 0 Å². The Balaban J connectivity index is 1.05. The number of benzene rings is 9. The molecule has 270 valence electrons. The fraction of sp³-hybridized carbons (Fsp3) is 0.0545. The van der Waals surface area contributed by atoms with Crippen LogP contribution in [0, 0.1) is 0 Å². The predicted molar refractivity (Wildman–Crippen MR) is 241 cm³/mol. The molecular formula is C55H40N2. The Morgan fingerprint density at radius 1 is 0.404 bits per heavy atom. The highest BCUT2D eigenvalue weighted by Gasteiger charge is 2.38. The molecule has 1 aliphatic carbocycles. The Kier molecular flexibility index (Phi) is 7.55. The van der Waals surface area contributed by atoms with Crippen molar-refractivity contribution in [2.24, 2.45) is 0 Å². The van der Waals surface area contributed by atoms with Crippen molar-refractivity contribution in [1.29, 1.82) is 0 Å². The number of para-hydroxylation sites is 3. The van der Waals surface area contributed by atoms with E-state index >= 15 is 0 Å². The maximum absolute atomic E-state index is 2.50. The Labute approximate surface area is 333 Å². The van der Waals surface area contributed by atoms with E-state index in [0.717, 1.165) is 17.1 Å². The molecule has 57 heavy (non-hydrogen) atoms. The molecule has 0 atom stereocenters. The van der Waals surface area contributed by atoms with Gasteiger partial charge >= 0.3 is 0 Å². The van der Waals surface area contributed by atoms with E-state index in [1.807, 2.05) is 0 Å². The van der Waals surface area contributed by atoms with Crippen LogP contribution in [0.25, 0.3) is 71.6 Å². The van der Waals surface area contributed by atoms with Crippen LogP contribution in [0.3, 0.4) is 0 Å². The van der Waals surface area contributed by atoms with E-state index < -0.39 is 0 Å². The molecule has 0 spiro atoms. The summed E-state index contributed by atoms with van der Waals surface area (Å²) in [4.78, 5) is 2.38. The van der Waals surface area contributed by atoms with E-state index in [0.29, 0.717) is 0 Å². The van der Waals surface area contributed by atoms with Crippen molar-refractivity contribution >= 4 is 49.6 Å². The molecule has 2 heteroatoms. The van der Waals surface area contributed by atoms with E-state index in [4.69, 9.17) is 0 Å². The molecule has 0 fully saturated rings. The molecule has 1 aromatic heterocycles. The second kappa shape index (κ2) is 13.0. The van der Waals surface area contributed by atoms with Crippen LogP contribution in [0.4, 0.5) is 17.1 Å². The normalized spacial score (nSPS) is 12.9. The fourth-order valence-electron chi connectivity index (χ4n) is 9.52. The first kappa shape index (κ1) is 33.2. The zero-order chi connectivity index (χ0) is 38.1. The standard InChI is InChI=1S/C55H40N2/c1-55(2)49-26-11-8-23-45(49)47-25-15-29-53(54(47)55)57-51-28-13-10-24-46(51)48-36-40(31-33-52(48)57)38-18-14-19-41(34-38)44-22-9-12-27-50(44)56(42-20-4-3-5-21-42)43-32-30-37-16-6-7-17-39(37)35-43/h3-36H,1-2H3. The SMILES string of the molecule is CC1(C)c2ccccc2-c2cccc(-n3c4ccccc4c4cc(-c5cccc(-c6ccccc6N(c6ccccc6)c6ccc7ccccc7c6)c5)ccc43)c21. The molecule has 0 saturated carbocycles. The van der Waals surface area contributed by atoms with Crippen LogP contribution in [0.5, 0.6) is 0 Å². The Morgan fingerprint density at radius 2 is 1.07 bits per heavy atom. The number of hydrogen-bond acceptors (Lipinski definition) is 1. The number of nitrogens with zero attached hydrogens (tertiary/aromatic N) is 2. The van der Waals surface area contributed by atoms with Gasteiger partial charge in [0.05, 0.1) is 22.4 Å². The lowest BCUT2D eigenvalue weighted by molar-refractivity contribution is 0.656. The van der Waals surface area contributed by atoms with Crippen LogP contribution in [-0.2, 0) is 5.41 Å². The van der Waals surface area contributed by atoms with Gasteiger partial charge in [0.15, 0.2) is 0 Å². The Hall–Kier alpha value is -7.16. The van der Waals surface area contributed by atoms with Gasteiger partial charge in [-0.3, -0.25) is 0 Å². The average Bonchev–Trinajstić information content (AvgIpc) is 3.72. The topological polar surface area (TPSA) is 8.17 Å². The number of fused-ring (bicyclic) bond motifs is 7. The summed E-state index contributed by atoms with van der Waals surface area (Å²) in [5, 5.41) is 4.97. The molecule has 0 saturated heterocycles. The zero-order valence-corrected chi connectivity index (χ0v) is 32.0. The van der Waals surface area contributed by atoms with Gasteiger partial charge in [0, 0.05) is 33.1 Å². The first-order valence-electron chi connectivity index (χ1n) is 19.9. The van der Waals surface area contributed by atoms with Gasteiger partial charge in [0.2, 0.25) is 0 Å². The molecule has 0 amide bonds. The average molecular weight is 729 g/mol. The van der Waals surface area contributed by atoms with Crippen molar-refractivity contribution < 1.29 is 0 Å². The van der Waals surface area contributed by atoms with Gasteiger partial charge in [-0.15, -0.1) is 0 Å². The number of anilines is 3. The summed E-state index contributed by atoms with van der Waals surface area (Å²) < 4.78 is 2.50. The summed E-state index contributed by atoms with van der Waals surface area (Å²) in [6.07, 6.45) is 0. The minimum Gasteiger partial charge on any atom is -0.310 e. The molecule has 2 nitrogen and oxygen atoms in total. The third-order valence-electron chi connectivity index (χ3n) is 12.1. The van der Waals surface area contributed by atoms with Gasteiger partial charge in [-0.05, 0) is 110 Å². The maximum atomic E-state index is 2.50. The molecule has 0 N–H and O–H groups in total. The summed E-state index contributed by atoms with van der Waals surface area (Å²) in [6, 6.07) is 75.5. The maximum Gasteiger partial charge on any atom is 0.0541 e. The van der Waals surface area contributed by atoms with Crippen LogP contribution < -0.4 is 4.90 Å². The summed E-state index contributed by atoms with van der Waals surface area (Å²) in [6.45, 7) is 4.75. The van der Waals surface area contributed by atoms with E-state index in [1.165, 1.54) is 82.8 Å². The highest BCUT2D eigenvalue weighted by atomic mass is 15.1. The van der Waals surface area contributed by atoms with Crippen molar-refractivity contribution in [3.8, 4) is 39.1 Å². The second-order valence-corrected chi connectivity index (χ2v) is 15.8. The van der Waals surface area contributed by atoms with Gasteiger partial charge in [-0.2, -0.15) is 0 Å². The summed E-state index contributed by atoms with van der Waals surface area (Å²) >= 11 is 0. The van der Waals surface area contributed by atoms with E-state index in [9.17, 15) is 0 Å². The first-order chi connectivity index (χ1) is 28.0. The lowest BCUT2D eigenvalue weighted by Crippen LogP contribution is -2.17. The number of hydrogen-bond donors (Lipinski definition) is 0. The van der Waals surface area contributed by atoms with Crippen molar-refractivity contribution in [3.63, 3.8) is 0 Å². The molecular weight excluding hydrogens is 689 g/mol. The number of rotatable bonds is 6. The third-order valence-corrected chi connectivity index (χ3v) is 12.1. The minimum atomic E-state index is -0.124. The van der Waals surface area contributed by atoms with Gasteiger partial charge in [0.25, 0.3) is 0 Å². The quantitative estimate of drug-likeness (QED) is 0.165. The van der Waals surface area contributed by atoms with Crippen LogP contribution in [0.2, 0.25) is 0 Å². The summed E-state index contributed by atoms with van der Waals surface area (Å²) in [5.41, 5.74) is 17.1. The molecule has 1 aliphatic rings. The Morgan fingerprint density at radius 3 is 1.96 bits per heavy atom. The lowest BCUT2D eigenvalue weighted by atomic mass is 9.81. The summed E-state index contributed by atoms with van der Waals surface area (Å²) in [5.74, 6) is 0. The molecule has 1 heterocycles. The van der Waals surface area contributed by atoms with Crippen molar-refractivity contribution in [2.45, 2.75) is 19.3 Å². The van der Waals surface area contributed by atoms with Gasteiger partial charge in [-0.25, -0.2) is 0 Å². The van der Waals surface area contributed by atoms with Crippen molar-refractivity contribution in [1.82, 2.24) is 4.57 Å². The third kappa shape index (κ3) is 5.25. The molecule has 0 bridgehead atoms. The molecule has 0 aliphatic heterocycles. The second-order valence-electron chi connectivity index (χ2n) is 15.8. The highest BCUT2D eigenvalue weighted by molar-refractivity contribution is 6.11. The highest BCUT2D eigenvalue weighted by Crippen LogP contribution is 2.52. The smallest absolute Gasteiger partial charge is 0.0541 e. The van der Waals surface area contributed by atoms with Gasteiger partial charge in [-0.1, -0.05) is 159 Å². The van der Waals surface area contributed by atoms with E-state index in [2.05, 4.69) is 230 Å². The molecule has 10 aromatic rings. The molecule has 11 rings (SSSR count). The fourth-order valence-corrected chi connectivity index (χ4v) is 9.52. The van der Waals surface area contributed by atoms with Gasteiger partial charge < -0.3 is 9.47 Å². The predicted octanol–water partition coefficient (Wildman–Crippen LogP) is 15.0. The van der Waals surface area contributed by atoms with E-state index in [-0.39, 0.29) is 5.41 Å². The zero-order valence-electron chi connectivity index (χ0n) is 32.0. The number of aromatic nitrogens is 1. The monoisotopic (exact) mass is 728 g/mol. The van der Waals surface area contributed by atoms with E-state index in [1.54, 1.807) is 0 Å². The largest absolute Gasteiger partial charge is 0.310 e. The van der Waals surface area contributed by atoms with Gasteiger partial charge in [0.1, 0.15) is 0 Å². The van der Waals surface area contributed by atoms with Crippen molar-refractivity contribution in [3.05, 3.63) is 217 Å². The van der Waals surface area contributed by atoms with Crippen LogP contribution in [-0.4, -0.2) is 4.57 Å². The molecule has 0 radical (unpaired) electrons. The minimum absolute atomic E-state index is 0.124.